The van der Waals surface area contributed by atoms with Gasteiger partial charge in [0.15, 0.2) is 0 Å². The topological polar surface area (TPSA) is 53.2 Å². The Morgan fingerprint density at radius 3 is 1.74 bits per heavy atom. The molecule has 0 atom stereocenters. The van der Waals surface area contributed by atoms with Crippen LogP contribution in [0, 0.1) is 0 Å². The fraction of sp³-hybridized carbons (Fsp3) is 0.182. The molecule has 0 radical (unpaired) electrons. The Bertz CT molecular complexity index is 1170. The van der Waals surface area contributed by atoms with Crippen LogP contribution in [0.1, 0.15) is 18.1 Å². The minimum Gasteiger partial charge on any atom is -0.494 e. The summed E-state index contributed by atoms with van der Waals surface area (Å²) in [5, 5.41) is 0.675. The summed E-state index contributed by atoms with van der Waals surface area (Å²) in [4.78, 5) is 25.7. The molecule has 5 nitrogen and oxygen atoms in total. The highest BCUT2D eigenvalue weighted by atomic mass is 16.5. The molecule has 0 N–H and O–H groups in total. The fourth-order valence-corrected chi connectivity index (χ4v) is 2.86. The van der Waals surface area contributed by atoms with Crippen molar-refractivity contribution in [3.05, 3.63) is 97.1 Å². The van der Waals surface area contributed by atoms with E-state index in [1.165, 1.54) is 9.13 Å². The van der Waals surface area contributed by atoms with Gasteiger partial charge in [-0.05, 0) is 42.3 Å². The molecular formula is C22H22N2O3. The molecule has 1 aromatic heterocycles. The summed E-state index contributed by atoms with van der Waals surface area (Å²) < 4.78 is 8.22. The smallest absolute Gasteiger partial charge is 0.274 e. The third kappa shape index (κ3) is 3.92. The molecular weight excluding hydrogens is 340 g/mol. The third-order valence-corrected chi connectivity index (χ3v) is 4.37. The van der Waals surface area contributed by atoms with Crippen LogP contribution in [0.5, 0.6) is 5.75 Å². The van der Waals surface area contributed by atoms with E-state index in [0.29, 0.717) is 17.3 Å². The number of rotatable bonds is 4. The molecule has 2 aromatic carbocycles. The van der Waals surface area contributed by atoms with E-state index >= 15 is 0 Å². The number of ether oxygens (including phenoxy) is 1. The van der Waals surface area contributed by atoms with Crippen LogP contribution < -0.4 is 26.6 Å². The highest BCUT2D eigenvalue weighted by molar-refractivity contribution is 5.50. The zero-order chi connectivity index (χ0) is 19.4. The average molecular weight is 362 g/mol. The van der Waals surface area contributed by atoms with Crippen molar-refractivity contribution in [1.82, 2.24) is 9.13 Å². The molecule has 0 aliphatic heterocycles. The first-order valence-electron chi connectivity index (χ1n) is 8.78. The Morgan fingerprint density at radius 1 is 0.778 bits per heavy atom. The average Bonchev–Trinajstić information content (AvgIpc) is 2.69. The monoisotopic (exact) mass is 362 g/mol. The van der Waals surface area contributed by atoms with Gasteiger partial charge in [-0.2, -0.15) is 0 Å². The molecule has 0 saturated heterocycles. The van der Waals surface area contributed by atoms with Crippen molar-refractivity contribution in [2.45, 2.75) is 6.92 Å². The standard InChI is InChI=1S/C22H22N2O3/c1-4-27-18-12-10-17(11-13-18)15-20-22(26)23(2)19(21(25)24(20)3)14-16-8-6-5-7-9-16/h5-15H,4H2,1-3H3. The van der Waals surface area contributed by atoms with Gasteiger partial charge in [-0.3, -0.25) is 9.59 Å². The van der Waals surface area contributed by atoms with Crippen LogP contribution in [-0.2, 0) is 14.1 Å². The van der Waals surface area contributed by atoms with Gasteiger partial charge in [0.25, 0.3) is 11.1 Å². The van der Waals surface area contributed by atoms with Crippen molar-refractivity contribution in [2.75, 3.05) is 6.61 Å². The fourth-order valence-electron chi connectivity index (χ4n) is 2.86. The van der Waals surface area contributed by atoms with Crippen LogP contribution in [0.15, 0.2) is 64.2 Å². The first-order chi connectivity index (χ1) is 13.0. The Morgan fingerprint density at radius 2 is 1.26 bits per heavy atom. The maximum atomic E-state index is 12.9. The molecule has 0 fully saturated rings. The Hall–Kier alpha value is -3.34. The highest BCUT2D eigenvalue weighted by Crippen LogP contribution is 2.12. The second-order valence-corrected chi connectivity index (χ2v) is 6.20. The van der Waals surface area contributed by atoms with E-state index in [1.54, 1.807) is 26.2 Å². The van der Waals surface area contributed by atoms with Crippen LogP contribution in [0.2, 0.25) is 0 Å². The minimum absolute atomic E-state index is 0.224. The van der Waals surface area contributed by atoms with Gasteiger partial charge in [0.2, 0.25) is 0 Å². The van der Waals surface area contributed by atoms with E-state index in [2.05, 4.69) is 0 Å². The van der Waals surface area contributed by atoms with E-state index in [4.69, 9.17) is 4.74 Å². The predicted octanol–water partition coefficient (Wildman–Crippen LogP) is 1.14. The van der Waals surface area contributed by atoms with Gasteiger partial charge in [0.1, 0.15) is 16.4 Å². The van der Waals surface area contributed by atoms with E-state index in [1.807, 2.05) is 61.5 Å². The number of nitrogens with zero attached hydrogens (tertiary/aromatic N) is 2. The molecule has 0 amide bonds. The zero-order valence-electron chi connectivity index (χ0n) is 15.7. The quantitative estimate of drug-likeness (QED) is 0.699. The van der Waals surface area contributed by atoms with Crippen molar-refractivity contribution in [3.63, 3.8) is 0 Å². The van der Waals surface area contributed by atoms with Crippen molar-refractivity contribution in [3.8, 4) is 5.75 Å². The predicted molar refractivity (Wildman–Crippen MR) is 107 cm³/mol. The van der Waals surface area contributed by atoms with E-state index in [0.717, 1.165) is 16.9 Å². The lowest BCUT2D eigenvalue weighted by Crippen LogP contribution is -2.56. The summed E-state index contributed by atoms with van der Waals surface area (Å²) in [6, 6.07) is 16.9. The van der Waals surface area contributed by atoms with Crippen molar-refractivity contribution in [2.24, 2.45) is 14.1 Å². The normalized spacial score (nSPS) is 12.4. The molecule has 138 valence electrons. The first kappa shape index (κ1) is 18.5. The Kier molecular flexibility index (Phi) is 5.41. The molecule has 0 bridgehead atoms. The molecule has 0 unspecified atom stereocenters. The van der Waals surface area contributed by atoms with E-state index in [-0.39, 0.29) is 11.1 Å². The van der Waals surface area contributed by atoms with Gasteiger partial charge >= 0.3 is 0 Å². The van der Waals surface area contributed by atoms with Crippen LogP contribution in [-0.4, -0.2) is 15.7 Å². The number of hydrogen-bond donors (Lipinski definition) is 0. The molecule has 0 spiro atoms. The maximum Gasteiger partial charge on any atom is 0.274 e. The lowest BCUT2D eigenvalue weighted by Gasteiger charge is -2.06. The number of hydrogen-bond acceptors (Lipinski definition) is 3. The van der Waals surface area contributed by atoms with Crippen molar-refractivity contribution >= 4 is 12.2 Å². The Labute approximate surface area is 157 Å². The summed E-state index contributed by atoms with van der Waals surface area (Å²) in [5.41, 5.74) is 1.24. The zero-order valence-corrected chi connectivity index (χ0v) is 15.7. The van der Waals surface area contributed by atoms with Crippen molar-refractivity contribution < 1.29 is 4.74 Å². The van der Waals surface area contributed by atoms with Crippen molar-refractivity contribution in [1.29, 1.82) is 0 Å². The molecule has 1 heterocycles. The molecule has 3 aromatic rings. The third-order valence-electron chi connectivity index (χ3n) is 4.37. The molecule has 5 heteroatoms. The second-order valence-electron chi connectivity index (χ2n) is 6.20. The Balaban J connectivity index is 2.18. The molecule has 0 saturated carbocycles. The molecule has 0 aliphatic rings. The largest absolute Gasteiger partial charge is 0.494 e. The van der Waals surface area contributed by atoms with Gasteiger partial charge in [-0.1, -0.05) is 42.5 Å². The van der Waals surface area contributed by atoms with Crippen LogP contribution in [0.25, 0.3) is 12.2 Å². The van der Waals surface area contributed by atoms with Gasteiger partial charge in [0, 0.05) is 14.1 Å². The van der Waals surface area contributed by atoms with E-state index in [9.17, 15) is 9.59 Å². The first-order valence-corrected chi connectivity index (χ1v) is 8.78. The number of benzene rings is 2. The van der Waals surface area contributed by atoms with E-state index < -0.39 is 0 Å². The maximum absolute atomic E-state index is 12.9. The molecule has 27 heavy (non-hydrogen) atoms. The van der Waals surface area contributed by atoms with Gasteiger partial charge in [-0.15, -0.1) is 0 Å². The number of aromatic nitrogens is 2. The molecule has 3 rings (SSSR count). The summed E-state index contributed by atoms with van der Waals surface area (Å²) in [5.74, 6) is 0.768. The van der Waals surface area contributed by atoms with Gasteiger partial charge in [0.05, 0.1) is 6.61 Å². The van der Waals surface area contributed by atoms with Gasteiger partial charge < -0.3 is 13.9 Å². The van der Waals surface area contributed by atoms with Gasteiger partial charge in [-0.25, -0.2) is 0 Å². The summed E-state index contributed by atoms with van der Waals surface area (Å²) in [6.45, 7) is 2.52. The minimum atomic E-state index is -0.229. The lowest BCUT2D eigenvalue weighted by atomic mass is 10.2. The summed E-state index contributed by atoms with van der Waals surface area (Å²) in [6.07, 6.45) is 3.44. The van der Waals surface area contributed by atoms with Crippen LogP contribution >= 0.6 is 0 Å². The SMILES string of the molecule is CCOc1ccc(C=c2c(=O)n(C)c(=Cc3ccccc3)c(=O)n2C)cc1. The summed E-state index contributed by atoms with van der Waals surface area (Å²) in [7, 11) is 3.24. The van der Waals surface area contributed by atoms with Crippen LogP contribution in [0.3, 0.4) is 0 Å². The molecule has 0 aliphatic carbocycles. The highest BCUT2D eigenvalue weighted by Gasteiger charge is 2.05. The lowest BCUT2D eigenvalue weighted by molar-refractivity contribution is 0.340. The van der Waals surface area contributed by atoms with Crippen LogP contribution in [0.4, 0.5) is 0 Å². The second kappa shape index (κ2) is 7.91. The summed E-state index contributed by atoms with van der Waals surface area (Å²) >= 11 is 0.